The third-order valence-electron chi connectivity index (χ3n) is 3.69. The van der Waals surface area contributed by atoms with E-state index in [4.69, 9.17) is 11.6 Å². The number of aliphatic hydroxyl groups is 1. The van der Waals surface area contributed by atoms with Crippen LogP contribution in [0.5, 0.6) is 0 Å². The highest BCUT2D eigenvalue weighted by atomic mass is 35.5. The van der Waals surface area contributed by atoms with Gasteiger partial charge in [0.2, 0.25) is 11.9 Å². The van der Waals surface area contributed by atoms with Crippen LogP contribution < -0.4 is 10.2 Å². The summed E-state index contributed by atoms with van der Waals surface area (Å²) in [5.74, 6) is 0.355. The predicted molar refractivity (Wildman–Crippen MR) is 84.1 cm³/mol. The SMILES string of the molecule is O=C(Cn1cc(Cl)cn1)NCC1(O)CCN(c2ncccn2)C1. The maximum atomic E-state index is 11.9. The van der Waals surface area contributed by atoms with E-state index >= 15 is 0 Å². The first kappa shape index (κ1) is 15.7. The predicted octanol–water partition coefficient (Wildman–Crippen LogP) is 0.0841. The Morgan fingerprint density at radius 1 is 1.43 bits per heavy atom. The second-order valence-electron chi connectivity index (χ2n) is 5.58. The molecule has 2 aromatic heterocycles. The van der Waals surface area contributed by atoms with Gasteiger partial charge in [0.15, 0.2) is 0 Å². The highest BCUT2D eigenvalue weighted by Crippen LogP contribution is 2.23. The number of β-amino-alcohol motifs (C(OH)–C–C–N with tert-alkyl or cyclic N) is 1. The van der Waals surface area contributed by atoms with E-state index < -0.39 is 5.60 Å². The van der Waals surface area contributed by atoms with Crippen LogP contribution in [0.1, 0.15) is 6.42 Å². The lowest BCUT2D eigenvalue weighted by Gasteiger charge is -2.23. The smallest absolute Gasteiger partial charge is 0.241 e. The van der Waals surface area contributed by atoms with Crippen LogP contribution in [0.25, 0.3) is 0 Å². The van der Waals surface area contributed by atoms with Crippen LogP contribution in [0, 0.1) is 0 Å². The van der Waals surface area contributed by atoms with Gasteiger partial charge in [-0.15, -0.1) is 0 Å². The lowest BCUT2D eigenvalue weighted by molar-refractivity contribution is -0.122. The van der Waals surface area contributed by atoms with E-state index in [2.05, 4.69) is 20.4 Å². The van der Waals surface area contributed by atoms with Crippen molar-refractivity contribution in [2.75, 3.05) is 24.5 Å². The minimum absolute atomic E-state index is 0.0638. The molecule has 8 nitrogen and oxygen atoms in total. The molecular formula is C14H17ClN6O2. The summed E-state index contributed by atoms with van der Waals surface area (Å²) < 4.78 is 1.44. The number of carbonyl (C=O) groups is 1. The van der Waals surface area contributed by atoms with Gasteiger partial charge in [-0.1, -0.05) is 11.6 Å². The molecule has 0 aromatic carbocycles. The zero-order valence-electron chi connectivity index (χ0n) is 12.4. The number of hydrogen-bond donors (Lipinski definition) is 2. The van der Waals surface area contributed by atoms with E-state index in [0.717, 1.165) is 0 Å². The summed E-state index contributed by atoms with van der Waals surface area (Å²) in [6, 6.07) is 1.74. The number of halogens is 1. The molecular weight excluding hydrogens is 320 g/mol. The van der Waals surface area contributed by atoms with Gasteiger partial charge in [-0.05, 0) is 12.5 Å². The molecule has 122 valence electrons. The van der Waals surface area contributed by atoms with E-state index in [1.54, 1.807) is 24.7 Å². The second-order valence-corrected chi connectivity index (χ2v) is 6.01. The summed E-state index contributed by atoms with van der Waals surface area (Å²) in [7, 11) is 0. The number of aromatic nitrogens is 4. The molecule has 1 fully saturated rings. The number of anilines is 1. The molecule has 0 saturated carbocycles. The summed E-state index contributed by atoms with van der Waals surface area (Å²) in [5.41, 5.74) is -0.989. The van der Waals surface area contributed by atoms with Crippen molar-refractivity contribution >= 4 is 23.5 Å². The molecule has 1 aliphatic rings. The quantitative estimate of drug-likeness (QED) is 0.803. The summed E-state index contributed by atoms with van der Waals surface area (Å²) in [6.45, 7) is 1.26. The van der Waals surface area contributed by atoms with Gasteiger partial charge in [-0.3, -0.25) is 9.48 Å². The molecule has 2 N–H and O–H groups in total. The third-order valence-corrected chi connectivity index (χ3v) is 3.88. The maximum absolute atomic E-state index is 11.9. The molecule has 1 amide bonds. The lowest BCUT2D eigenvalue weighted by atomic mass is 10.0. The standard InChI is InChI=1S/C14H17ClN6O2/c15-11-6-19-21(7-11)8-12(22)18-9-14(23)2-5-20(10-14)13-16-3-1-4-17-13/h1,3-4,6-7,23H,2,5,8-10H2,(H,18,22). The Morgan fingerprint density at radius 2 is 2.22 bits per heavy atom. The molecule has 9 heteroatoms. The molecule has 0 spiro atoms. The van der Waals surface area contributed by atoms with Gasteiger partial charge in [0.25, 0.3) is 0 Å². The van der Waals surface area contributed by atoms with Gasteiger partial charge in [-0.25, -0.2) is 9.97 Å². The lowest BCUT2D eigenvalue weighted by Crippen LogP contribution is -2.45. The van der Waals surface area contributed by atoms with Gasteiger partial charge in [0.1, 0.15) is 12.1 Å². The Balaban J connectivity index is 1.51. The van der Waals surface area contributed by atoms with Crippen molar-refractivity contribution in [3.8, 4) is 0 Å². The van der Waals surface area contributed by atoms with Crippen molar-refractivity contribution in [2.24, 2.45) is 0 Å². The number of carbonyl (C=O) groups excluding carboxylic acids is 1. The highest BCUT2D eigenvalue weighted by Gasteiger charge is 2.37. The maximum Gasteiger partial charge on any atom is 0.241 e. The Morgan fingerprint density at radius 3 is 2.91 bits per heavy atom. The molecule has 1 saturated heterocycles. The third kappa shape index (κ3) is 3.96. The first-order valence-corrected chi connectivity index (χ1v) is 7.61. The first-order valence-electron chi connectivity index (χ1n) is 7.23. The molecule has 2 aromatic rings. The Hall–Kier alpha value is -2.19. The van der Waals surface area contributed by atoms with Crippen LogP contribution in [0.3, 0.4) is 0 Å². The summed E-state index contributed by atoms with van der Waals surface area (Å²) >= 11 is 5.75. The van der Waals surface area contributed by atoms with Crippen LogP contribution >= 0.6 is 11.6 Å². The van der Waals surface area contributed by atoms with E-state index in [9.17, 15) is 9.90 Å². The fourth-order valence-corrected chi connectivity index (χ4v) is 2.67. The van der Waals surface area contributed by atoms with Gasteiger partial charge in [0, 0.05) is 31.7 Å². The van der Waals surface area contributed by atoms with Crippen LogP contribution in [0.15, 0.2) is 30.9 Å². The minimum Gasteiger partial charge on any atom is -0.386 e. The Labute approximate surface area is 138 Å². The Bertz CT molecular complexity index is 679. The normalized spacial score (nSPS) is 20.7. The average molecular weight is 337 g/mol. The van der Waals surface area contributed by atoms with Crippen molar-refractivity contribution in [1.29, 1.82) is 0 Å². The van der Waals surface area contributed by atoms with Gasteiger partial charge in [0.05, 0.1) is 17.8 Å². The number of nitrogens with one attached hydrogen (secondary N) is 1. The van der Waals surface area contributed by atoms with Crippen LogP contribution in [-0.2, 0) is 11.3 Å². The molecule has 3 rings (SSSR count). The van der Waals surface area contributed by atoms with Crippen LogP contribution in [0.4, 0.5) is 5.95 Å². The summed E-state index contributed by atoms with van der Waals surface area (Å²) in [6.07, 6.45) is 6.91. The van der Waals surface area contributed by atoms with Gasteiger partial charge >= 0.3 is 0 Å². The second kappa shape index (κ2) is 6.51. The molecule has 0 radical (unpaired) electrons. The largest absolute Gasteiger partial charge is 0.386 e. The summed E-state index contributed by atoms with van der Waals surface area (Å²) in [5, 5.41) is 17.7. The topological polar surface area (TPSA) is 96.2 Å². The van der Waals surface area contributed by atoms with E-state index in [0.29, 0.717) is 30.5 Å². The van der Waals surface area contributed by atoms with Crippen LogP contribution in [0.2, 0.25) is 5.02 Å². The van der Waals surface area contributed by atoms with E-state index in [-0.39, 0.29) is 19.0 Å². The van der Waals surface area contributed by atoms with E-state index in [1.165, 1.54) is 10.9 Å². The van der Waals surface area contributed by atoms with Crippen molar-refractivity contribution in [2.45, 2.75) is 18.6 Å². The molecule has 1 unspecified atom stereocenters. The van der Waals surface area contributed by atoms with E-state index in [1.807, 2.05) is 4.90 Å². The zero-order valence-corrected chi connectivity index (χ0v) is 13.1. The zero-order chi connectivity index (χ0) is 16.3. The van der Waals surface area contributed by atoms with Crippen LogP contribution in [-0.4, -0.2) is 56.0 Å². The van der Waals surface area contributed by atoms with Gasteiger partial charge < -0.3 is 15.3 Å². The molecule has 23 heavy (non-hydrogen) atoms. The first-order chi connectivity index (χ1) is 11.0. The van der Waals surface area contributed by atoms with Crippen molar-refractivity contribution in [1.82, 2.24) is 25.1 Å². The van der Waals surface area contributed by atoms with Crippen molar-refractivity contribution < 1.29 is 9.90 Å². The number of hydrogen-bond acceptors (Lipinski definition) is 6. The molecule has 3 heterocycles. The molecule has 0 aliphatic carbocycles. The minimum atomic E-state index is -0.989. The summed E-state index contributed by atoms with van der Waals surface area (Å²) in [4.78, 5) is 22.2. The molecule has 0 bridgehead atoms. The highest BCUT2D eigenvalue weighted by molar-refractivity contribution is 6.30. The molecule has 1 atom stereocenters. The fraction of sp³-hybridized carbons (Fsp3) is 0.429. The number of nitrogens with zero attached hydrogens (tertiary/aromatic N) is 5. The monoisotopic (exact) mass is 336 g/mol. The average Bonchev–Trinajstić information content (AvgIpc) is 3.13. The molecule has 1 aliphatic heterocycles. The van der Waals surface area contributed by atoms with Crippen molar-refractivity contribution in [3.05, 3.63) is 35.9 Å². The number of rotatable bonds is 5. The van der Waals surface area contributed by atoms with Gasteiger partial charge in [-0.2, -0.15) is 5.10 Å². The number of amides is 1. The fourth-order valence-electron chi connectivity index (χ4n) is 2.52. The Kier molecular flexibility index (Phi) is 4.44. The van der Waals surface area contributed by atoms with Crippen molar-refractivity contribution in [3.63, 3.8) is 0 Å².